The third-order valence-corrected chi connectivity index (χ3v) is 3.08. The average molecular weight is 297 g/mol. The van der Waals surface area contributed by atoms with Gasteiger partial charge in [0, 0.05) is 28.9 Å². The lowest BCUT2D eigenvalue weighted by Gasteiger charge is -2.06. The number of halogens is 2. The number of hydrogen-bond donors (Lipinski definition) is 0. The van der Waals surface area contributed by atoms with Crippen molar-refractivity contribution >= 4 is 29.0 Å². The molecule has 2 rings (SSSR count). The Morgan fingerprint density at radius 2 is 2.00 bits per heavy atom. The summed E-state index contributed by atoms with van der Waals surface area (Å²) in [5, 5.41) is 0.974. The molecule has 2 aromatic rings. The molecule has 1 aromatic heterocycles. The summed E-state index contributed by atoms with van der Waals surface area (Å²) in [6.07, 6.45) is 3.02. The van der Waals surface area contributed by atoms with Crippen LogP contribution in [0.3, 0.4) is 0 Å². The van der Waals surface area contributed by atoms with Crippen LogP contribution in [0, 0.1) is 0 Å². The molecule has 6 heteroatoms. The van der Waals surface area contributed by atoms with E-state index >= 15 is 0 Å². The maximum Gasteiger partial charge on any atom is 0.243 e. The van der Waals surface area contributed by atoms with Crippen molar-refractivity contribution in [2.75, 3.05) is 7.11 Å². The zero-order valence-corrected chi connectivity index (χ0v) is 11.6. The molecular weight excluding hydrogens is 287 g/mol. The summed E-state index contributed by atoms with van der Waals surface area (Å²) in [6.45, 7) is 0. The number of benzene rings is 1. The second-order valence-electron chi connectivity index (χ2n) is 3.75. The Morgan fingerprint density at radius 3 is 2.68 bits per heavy atom. The molecule has 19 heavy (non-hydrogen) atoms. The Bertz CT molecular complexity index is 617. The number of nitrogens with zero attached hydrogens (tertiary/aromatic N) is 2. The predicted octanol–water partition coefficient (Wildman–Crippen LogP) is 3.22. The standard InChI is InChI=1S/C13H10Cl2N2O2/c1-19-13-12(16-4-5-17-13)11(18)6-8-2-3-9(14)7-10(8)15/h2-5,7H,6H2,1H3. The Morgan fingerprint density at radius 1 is 1.26 bits per heavy atom. The van der Waals surface area contributed by atoms with Crippen molar-refractivity contribution < 1.29 is 9.53 Å². The van der Waals surface area contributed by atoms with Crippen molar-refractivity contribution in [1.82, 2.24) is 9.97 Å². The van der Waals surface area contributed by atoms with Crippen molar-refractivity contribution in [3.63, 3.8) is 0 Å². The third kappa shape index (κ3) is 3.22. The number of carbonyl (C=O) groups is 1. The zero-order chi connectivity index (χ0) is 13.8. The number of aromatic nitrogens is 2. The third-order valence-electron chi connectivity index (χ3n) is 2.49. The van der Waals surface area contributed by atoms with Gasteiger partial charge in [-0.05, 0) is 17.7 Å². The van der Waals surface area contributed by atoms with Crippen molar-refractivity contribution in [2.45, 2.75) is 6.42 Å². The summed E-state index contributed by atoms with van der Waals surface area (Å²) < 4.78 is 5.00. The quantitative estimate of drug-likeness (QED) is 0.813. The largest absolute Gasteiger partial charge is 0.479 e. The Hall–Kier alpha value is -1.65. The number of ketones is 1. The zero-order valence-electron chi connectivity index (χ0n) is 10.1. The molecule has 0 spiro atoms. The highest BCUT2D eigenvalue weighted by Crippen LogP contribution is 2.23. The number of carbonyl (C=O) groups excluding carboxylic acids is 1. The van der Waals surface area contributed by atoms with Gasteiger partial charge in [0.15, 0.2) is 11.5 Å². The van der Waals surface area contributed by atoms with E-state index in [1.165, 1.54) is 19.5 Å². The second kappa shape index (κ2) is 5.99. The Labute approximate surface area is 120 Å². The minimum Gasteiger partial charge on any atom is -0.479 e. The van der Waals surface area contributed by atoms with Crippen molar-refractivity contribution in [3.8, 4) is 5.88 Å². The Kier molecular flexibility index (Phi) is 4.35. The first kappa shape index (κ1) is 13.8. The highest BCUT2D eigenvalue weighted by molar-refractivity contribution is 6.35. The van der Waals surface area contributed by atoms with Gasteiger partial charge in [0.05, 0.1) is 7.11 Å². The van der Waals surface area contributed by atoms with E-state index in [0.29, 0.717) is 15.6 Å². The van der Waals surface area contributed by atoms with Gasteiger partial charge in [-0.2, -0.15) is 0 Å². The Balaban J connectivity index is 2.26. The highest BCUT2D eigenvalue weighted by Gasteiger charge is 2.16. The van der Waals surface area contributed by atoms with E-state index in [2.05, 4.69) is 9.97 Å². The van der Waals surface area contributed by atoms with Crippen LogP contribution in [-0.4, -0.2) is 22.9 Å². The monoisotopic (exact) mass is 296 g/mol. The fourth-order valence-electron chi connectivity index (χ4n) is 1.59. The van der Waals surface area contributed by atoms with Gasteiger partial charge in [-0.1, -0.05) is 29.3 Å². The van der Waals surface area contributed by atoms with Gasteiger partial charge in [-0.3, -0.25) is 4.79 Å². The van der Waals surface area contributed by atoms with Gasteiger partial charge < -0.3 is 4.74 Å². The summed E-state index contributed by atoms with van der Waals surface area (Å²) >= 11 is 11.8. The van der Waals surface area contributed by atoms with Crippen LogP contribution >= 0.6 is 23.2 Å². The molecule has 98 valence electrons. The van der Waals surface area contributed by atoms with E-state index < -0.39 is 0 Å². The first-order valence-electron chi connectivity index (χ1n) is 5.44. The van der Waals surface area contributed by atoms with E-state index in [1.54, 1.807) is 18.2 Å². The van der Waals surface area contributed by atoms with Gasteiger partial charge in [0.2, 0.25) is 5.88 Å². The topological polar surface area (TPSA) is 52.1 Å². The van der Waals surface area contributed by atoms with Crippen molar-refractivity contribution in [2.24, 2.45) is 0 Å². The summed E-state index contributed by atoms with van der Waals surface area (Å²) in [7, 11) is 1.44. The molecule has 0 unspecified atom stereocenters. The van der Waals surface area contributed by atoms with Crippen molar-refractivity contribution in [1.29, 1.82) is 0 Å². The molecule has 0 saturated carbocycles. The molecule has 0 bridgehead atoms. The lowest BCUT2D eigenvalue weighted by molar-refractivity contribution is 0.0984. The fraction of sp³-hybridized carbons (Fsp3) is 0.154. The molecule has 0 N–H and O–H groups in total. The maximum atomic E-state index is 12.2. The lowest BCUT2D eigenvalue weighted by Crippen LogP contribution is -2.09. The summed E-state index contributed by atoms with van der Waals surface area (Å²) in [5.74, 6) is -0.00763. The summed E-state index contributed by atoms with van der Waals surface area (Å²) in [4.78, 5) is 20.1. The van der Waals surface area contributed by atoms with E-state index in [1.807, 2.05) is 0 Å². The molecule has 1 heterocycles. The van der Waals surface area contributed by atoms with Crippen LogP contribution in [0.5, 0.6) is 5.88 Å². The van der Waals surface area contributed by atoms with Crippen LogP contribution < -0.4 is 4.74 Å². The minimum atomic E-state index is -0.214. The molecule has 0 aliphatic carbocycles. The molecule has 0 amide bonds. The molecule has 0 saturated heterocycles. The molecular formula is C13H10Cl2N2O2. The first-order valence-corrected chi connectivity index (χ1v) is 6.19. The predicted molar refractivity (Wildman–Crippen MR) is 73.1 cm³/mol. The molecule has 0 aliphatic rings. The minimum absolute atomic E-state index is 0.116. The normalized spacial score (nSPS) is 10.3. The molecule has 0 atom stereocenters. The molecule has 0 fully saturated rings. The SMILES string of the molecule is COc1nccnc1C(=O)Cc1ccc(Cl)cc1Cl. The number of Topliss-reactive ketones (excluding diaryl/α,β-unsaturated/α-hetero) is 1. The van der Waals surface area contributed by atoms with E-state index in [4.69, 9.17) is 27.9 Å². The number of rotatable bonds is 4. The van der Waals surface area contributed by atoms with Gasteiger partial charge in [-0.25, -0.2) is 9.97 Å². The summed E-state index contributed by atoms with van der Waals surface area (Å²) in [5.41, 5.74) is 0.875. The van der Waals surface area contributed by atoms with Crippen LogP contribution in [0.1, 0.15) is 16.1 Å². The number of methoxy groups -OCH3 is 1. The molecule has 0 radical (unpaired) electrons. The van der Waals surface area contributed by atoms with Crippen LogP contribution in [0.15, 0.2) is 30.6 Å². The smallest absolute Gasteiger partial charge is 0.243 e. The molecule has 0 aliphatic heterocycles. The average Bonchev–Trinajstić information content (AvgIpc) is 2.41. The van der Waals surface area contributed by atoms with Gasteiger partial charge in [-0.15, -0.1) is 0 Å². The van der Waals surface area contributed by atoms with Gasteiger partial charge in [0.1, 0.15) is 0 Å². The fourth-order valence-corrected chi connectivity index (χ4v) is 2.06. The van der Waals surface area contributed by atoms with Crippen LogP contribution in [0.25, 0.3) is 0 Å². The molecule has 4 nitrogen and oxygen atoms in total. The van der Waals surface area contributed by atoms with E-state index in [0.717, 1.165) is 0 Å². The summed E-state index contributed by atoms with van der Waals surface area (Å²) in [6, 6.07) is 5.00. The highest BCUT2D eigenvalue weighted by atomic mass is 35.5. The van der Waals surface area contributed by atoms with E-state index in [9.17, 15) is 4.79 Å². The molecule has 1 aromatic carbocycles. The lowest BCUT2D eigenvalue weighted by atomic mass is 10.1. The maximum absolute atomic E-state index is 12.2. The van der Waals surface area contributed by atoms with Gasteiger partial charge in [0.25, 0.3) is 0 Å². The number of ether oxygens (including phenoxy) is 1. The van der Waals surface area contributed by atoms with Crippen LogP contribution in [0.4, 0.5) is 0 Å². The van der Waals surface area contributed by atoms with E-state index in [-0.39, 0.29) is 23.8 Å². The van der Waals surface area contributed by atoms with Crippen molar-refractivity contribution in [3.05, 3.63) is 51.9 Å². The number of hydrogen-bond acceptors (Lipinski definition) is 4. The van der Waals surface area contributed by atoms with Crippen LogP contribution in [0.2, 0.25) is 10.0 Å². The first-order chi connectivity index (χ1) is 9.11. The van der Waals surface area contributed by atoms with Gasteiger partial charge >= 0.3 is 0 Å². The second-order valence-corrected chi connectivity index (χ2v) is 4.59. The van der Waals surface area contributed by atoms with Crippen LogP contribution in [-0.2, 0) is 6.42 Å².